The lowest BCUT2D eigenvalue weighted by molar-refractivity contribution is -0.136. The molecule has 7 heteroatoms. The highest BCUT2D eigenvalue weighted by Gasteiger charge is 2.44. The molecule has 1 fully saturated rings. The zero-order valence-electron chi connectivity index (χ0n) is 13.1. The summed E-state index contributed by atoms with van der Waals surface area (Å²) >= 11 is 0. The minimum absolute atomic E-state index is 0.219. The van der Waals surface area contributed by atoms with Gasteiger partial charge in [0.15, 0.2) is 0 Å². The summed E-state index contributed by atoms with van der Waals surface area (Å²) in [6, 6.07) is 8.63. The monoisotopic (exact) mass is 348 g/mol. The van der Waals surface area contributed by atoms with Crippen LogP contribution in [-0.4, -0.2) is 18.4 Å². The molecule has 0 bridgehead atoms. The predicted octanol–water partition coefficient (Wildman–Crippen LogP) is 2.89. The molecule has 0 atom stereocenters. The molecule has 1 saturated carbocycles. The zero-order chi connectivity index (χ0) is 18.0. The fraction of sp³-hybridized carbons (Fsp3) is 0.222. The average Bonchev–Trinajstić information content (AvgIpc) is 3.37. The first kappa shape index (κ1) is 17.0. The second-order valence-electron chi connectivity index (χ2n) is 6.05. The van der Waals surface area contributed by atoms with Crippen molar-refractivity contribution >= 4 is 17.5 Å². The Labute approximate surface area is 142 Å². The first-order valence-corrected chi connectivity index (χ1v) is 7.70. The van der Waals surface area contributed by atoms with Gasteiger partial charge in [-0.25, -0.2) is 13.2 Å². The van der Waals surface area contributed by atoms with Gasteiger partial charge in [0.1, 0.15) is 17.5 Å². The number of carbonyl (C=O) groups excluding carboxylic acids is 2. The van der Waals surface area contributed by atoms with Crippen molar-refractivity contribution in [3.63, 3.8) is 0 Å². The van der Waals surface area contributed by atoms with Crippen LogP contribution >= 0.6 is 0 Å². The summed E-state index contributed by atoms with van der Waals surface area (Å²) in [6.45, 7) is 0.219. The van der Waals surface area contributed by atoms with Crippen molar-refractivity contribution in [2.75, 3.05) is 11.9 Å². The number of benzene rings is 2. The molecule has 130 valence electrons. The summed E-state index contributed by atoms with van der Waals surface area (Å²) in [5.41, 5.74) is 0.311. The quantitative estimate of drug-likeness (QED) is 0.835. The van der Waals surface area contributed by atoms with Gasteiger partial charge >= 0.3 is 11.8 Å². The van der Waals surface area contributed by atoms with Gasteiger partial charge in [0.05, 0.1) is 5.69 Å². The maximum Gasteiger partial charge on any atom is 0.313 e. The Bertz CT molecular complexity index is 818. The molecule has 0 aliphatic heterocycles. The summed E-state index contributed by atoms with van der Waals surface area (Å²) in [5.74, 6) is -4.05. The maximum absolute atomic E-state index is 13.5. The molecule has 0 aromatic heterocycles. The third-order valence-corrected chi connectivity index (χ3v) is 4.28. The third kappa shape index (κ3) is 3.81. The van der Waals surface area contributed by atoms with E-state index in [1.54, 1.807) is 12.1 Å². The molecule has 2 N–H and O–H groups in total. The second kappa shape index (κ2) is 6.58. The summed E-state index contributed by atoms with van der Waals surface area (Å²) in [7, 11) is 0. The average molecular weight is 348 g/mol. The van der Waals surface area contributed by atoms with E-state index in [0.717, 1.165) is 30.5 Å². The van der Waals surface area contributed by atoms with Crippen LogP contribution in [0, 0.1) is 17.5 Å². The fourth-order valence-electron chi connectivity index (χ4n) is 2.62. The molecule has 0 radical (unpaired) electrons. The number of rotatable bonds is 4. The van der Waals surface area contributed by atoms with Crippen molar-refractivity contribution in [2.45, 2.75) is 18.3 Å². The van der Waals surface area contributed by atoms with Crippen LogP contribution < -0.4 is 10.6 Å². The zero-order valence-corrected chi connectivity index (χ0v) is 13.1. The third-order valence-electron chi connectivity index (χ3n) is 4.28. The number of nitrogens with one attached hydrogen (secondary N) is 2. The van der Waals surface area contributed by atoms with Gasteiger partial charge < -0.3 is 10.6 Å². The minimum Gasteiger partial charge on any atom is -0.347 e. The lowest BCUT2D eigenvalue weighted by Crippen LogP contribution is -2.39. The smallest absolute Gasteiger partial charge is 0.313 e. The van der Waals surface area contributed by atoms with E-state index in [2.05, 4.69) is 10.6 Å². The van der Waals surface area contributed by atoms with Crippen LogP contribution in [0.25, 0.3) is 0 Å². The van der Waals surface area contributed by atoms with Gasteiger partial charge in [-0.05, 0) is 42.7 Å². The van der Waals surface area contributed by atoms with Crippen LogP contribution in [0.5, 0.6) is 0 Å². The first-order chi connectivity index (χ1) is 11.9. The van der Waals surface area contributed by atoms with E-state index in [0.29, 0.717) is 6.07 Å². The summed E-state index contributed by atoms with van der Waals surface area (Å²) in [4.78, 5) is 23.7. The van der Waals surface area contributed by atoms with Gasteiger partial charge in [-0.1, -0.05) is 12.1 Å². The SMILES string of the molecule is O=C(NCC1(c2ccc(F)cc2)CC1)C(=O)Nc1ccc(F)cc1F. The van der Waals surface area contributed by atoms with Crippen LogP contribution in [0.4, 0.5) is 18.9 Å². The molecule has 2 aromatic carbocycles. The van der Waals surface area contributed by atoms with E-state index in [9.17, 15) is 22.8 Å². The largest absolute Gasteiger partial charge is 0.347 e. The van der Waals surface area contributed by atoms with Crippen molar-refractivity contribution in [1.29, 1.82) is 0 Å². The molecular formula is C18H15F3N2O2. The lowest BCUT2D eigenvalue weighted by Gasteiger charge is -2.16. The van der Waals surface area contributed by atoms with E-state index < -0.39 is 23.4 Å². The number of carbonyl (C=O) groups is 2. The summed E-state index contributed by atoms with van der Waals surface area (Å²) in [5, 5.41) is 4.61. The molecule has 25 heavy (non-hydrogen) atoms. The number of hydrogen-bond acceptors (Lipinski definition) is 2. The first-order valence-electron chi connectivity index (χ1n) is 7.70. The summed E-state index contributed by atoms with van der Waals surface area (Å²) < 4.78 is 39.3. The van der Waals surface area contributed by atoms with Crippen LogP contribution in [-0.2, 0) is 15.0 Å². The molecule has 1 aliphatic carbocycles. The molecule has 0 unspecified atom stereocenters. The lowest BCUT2D eigenvalue weighted by atomic mass is 9.96. The fourth-order valence-corrected chi connectivity index (χ4v) is 2.62. The van der Waals surface area contributed by atoms with Crippen molar-refractivity contribution in [3.8, 4) is 0 Å². The van der Waals surface area contributed by atoms with Gasteiger partial charge in [0.25, 0.3) is 0 Å². The molecule has 2 amide bonds. The van der Waals surface area contributed by atoms with Gasteiger partial charge in [-0.2, -0.15) is 0 Å². The Hall–Kier alpha value is -2.83. The minimum atomic E-state index is -1.04. The molecule has 3 rings (SSSR count). The molecule has 4 nitrogen and oxygen atoms in total. The number of amides is 2. The van der Waals surface area contributed by atoms with Crippen molar-refractivity contribution < 1.29 is 22.8 Å². The molecular weight excluding hydrogens is 333 g/mol. The Balaban J connectivity index is 1.59. The molecule has 0 saturated heterocycles. The number of hydrogen-bond donors (Lipinski definition) is 2. The van der Waals surface area contributed by atoms with Crippen molar-refractivity contribution in [1.82, 2.24) is 5.32 Å². The van der Waals surface area contributed by atoms with Gasteiger partial charge in [-0.3, -0.25) is 9.59 Å². The Morgan fingerprint density at radius 3 is 2.16 bits per heavy atom. The Morgan fingerprint density at radius 1 is 0.920 bits per heavy atom. The highest BCUT2D eigenvalue weighted by molar-refractivity contribution is 6.39. The number of halogens is 3. The molecule has 2 aromatic rings. The standard InChI is InChI=1S/C18H15F3N2O2/c19-12-3-1-11(2-4-12)18(7-8-18)10-22-16(24)17(25)23-15-6-5-13(20)9-14(15)21/h1-6,9H,7-8,10H2,(H,22,24)(H,23,25). The van der Waals surface area contributed by atoms with E-state index in [4.69, 9.17) is 0 Å². The molecule has 0 heterocycles. The van der Waals surface area contributed by atoms with E-state index in [1.165, 1.54) is 12.1 Å². The van der Waals surface area contributed by atoms with Gasteiger partial charge in [0, 0.05) is 18.0 Å². The van der Waals surface area contributed by atoms with E-state index >= 15 is 0 Å². The van der Waals surface area contributed by atoms with Crippen LogP contribution in [0.2, 0.25) is 0 Å². The van der Waals surface area contributed by atoms with Crippen LogP contribution in [0.3, 0.4) is 0 Å². The highest BCUT2D eigenvalue weighted by atomic mass is 19.1. The molecule has 0 spiro atoms. The summed E-state index contributed by atoms with van der Waals surface area (Å²) in [6.07, 6.45) is 1.63. The highest BCUT2D eigenvalue weighted by Crippen LogP contribution is 2.47. The van der Waals surface area contributed by atoms with Crippen LogP contribution in [0.1, 0.15) is 18.4 Å². The Morgan fingerprint density at radius 2 is 1.56 bits per heavy atom. The maximum atomic E-state index is 13.5. The Kier molecular flexibility index (Phi) is 4.48. The van der Waals surface area contributed by atoms with Gasteiger partial charge in [-0.15, -0.1) is 0 Å². The second-order valence-corrected chi connectivity index (χ2v) is 6.05. The van der Waals surface area contributed by atoms with E-state index in [1.807, 2.05) is 0 Å². The topological polar surface area (TPSA) is 58.2 Å². The normalized spacial score (nSPS) is 14.7. The predicted molar refractivity (Wildman–Crippen MR) is 85.3 cm³/mol. The number of anilines is 1. The van der Waals surface area contributed by atoms with Gasteiger partial charge in [0.2, 0.25) is 0 Å². The molecule has 1 aliphatic rings. The van der Waals surface area contributed by atoms with Crippen LogP contribution in [0.15, 0.2) is 42.5 Å². The van der Waals surface area contributed by atoms with E-state index in [-0.39, 0.29) is 23.5 Å². The van der Waals surface area contributed by atoms with Crippen molar-refractivity contribution in [3.05, 3.63) is 65.5 Å². The van der Waals surface area contributed by atoms with Crippen molar-refractivity contribution in [2.24, 2.45) is 0 Å².